The molecule has 18 heavy (non-hydrogen) atoms. The Hall–Kier alpha value is -1.76. The summed E-state index contributed by atoms with van der Waals surface area (Å²) in [6, 6.07) is 1.87. The van der Waals surface area contributed by atoms with Crippen molar-refractivity contribution in [3.63, 3.8) is 0 Å². The summed E-state index contributed by atoms with van der Waals surface area (Å²) in [6.45, 7) is 0. The van der Waals surface area contributed by atoms with Crippen LogP contribution < -0.4 is 10.9 Å². The maximum absolute atomic E-state index is 11.7. The van der Waals surface area contributed by atoms with Crippen LogP contribution in [0.25, 0.3) is 0 Å². The Morgan fingerprint density at radius 3 is 2.83 bits per heavy atom. The van der Waals surface area contributed by atoms with Gasteiger partial charge in [-0.2, -0.15) is 11.8 Å². The molecule has 0 aliphatic rings. The van der Waals surface area contributed by atoms with Crippen LogP contribution in [0.3, 0.4) is 0 Å². The van der Waals surface area contributed by atoms with Crippen molar-refractivity contribution < 1.29 is 14.7 Å². The number of H-pyrrole nitrogens is 1. The Morgan fingerprint density at radius 2 is 2.28 bits per heavy atom. The number of pyridine rings is 1. The van der Waals surface area contributed by atoms with Gasteiger partial charge >= 0.3 is 5.97 Å². The quantitative estimate of drug-likeness (QED) is 0.691. The van der Waals surface area contributed by atoms with Crippen molar-refractivity contribution in [2.45, 2.75) is 12.5 Å². The molecule has 0 spiro atoms. The number of carbonyl (C=O) groups excluding carboxylic acids is 1. The summed E-state index contributed by atoms with van der Waals surface area (Å²) in [6.07, 6.45) is 3.57. The zero-order valence-electron chi connectivity index (χ0n) is 9.80. The Morgan fingerprint density at radius 1 is 1.56 bits per heavy atom. The minimum Gasteiger partial charge on any atom is -0.480 e. The monoisotopic (exact) mass is 270 g/mol. The normalized spacial score (nSPS) is 11.8. The zero-order valence-corrected chi connectivity index (χ0v) is 10.6. The third kappa shape index (κ3) is 3.92. The Labute approximate surface area is 108 Å². The highest BCUT2D eigenvalue weighted by Gasteiger charge is 2.21. The highest BCUT2D eigenvalue weighted by molar-refractivity contribution is 7.98. The highest BCUT2D eigenvalue weighted by atomic mass is 32.2. The Balaban J connectivity index is 2.76. The molecule has 1 aromatic heterocycles. The van der Waals surface area contributed by atoms with Crippen molar-refractivity contribution in [3.05, 3.63) is 34.2 Å². The number of aliphatic carboxylic acids is 1. The molecule has 0 radical (unpaired) electrons. The fourth-order valence-corrected chi connectivity index (χ4v) is 1.80. The number of carboxylic acid groups (broad SMARTS) is 1. The van der Waals surface area contributed by atoms with Crippen LogP contribution in [-0.4, -0.2) is 40.0 Å². The first kappa shape index (κ1) is 14.3. The van der Waals surface area contributed by atoms with Gasteiger partial charge in [0.05, 0.1) is 0 Å². The van der Waals surface area contributed by atoms with E-state index >= 15 is 0 Å². The second-order valence-corrected chi connectivity index (χ2v) is 4.54. The first-order chi connectivity index (χ1) is 8.56. The Bertz CT molecular complexity index is 486. The molecule has 0 bridgehead atoms. The van der Waals surface area contributed by atoms with Gasteiger partial charge in [0.25, 0.3) is 11.5 Å². The molecule has 0 saturated heterocycles. The molecular formula is C11H14N2O4S. The van der Waals surface area contributed by atoms with Crippen molar-refractivity contribution >= 4 is 23.6 Å². The molecule has 7 heteroatoms. The molecule has 1 rings (SSSR count). The van der Waals surface area contributed by atoms with Gasteiger partial charge in [0.2, 0.25) is 0 Å². The lowest BCUT2D eigenvalue weighted by Gasteiger charge is -2.13. The van der Waals surface area contributed by atoms with E-state index < -0.39 is 23.5 Å². The van der Waals surface area contributed by atoms with E-state index in [4.69, 9.17) is 5.11 Å². The number of hydrogen-bond acceptors (Lipinski definition) is 4. The van der Waals surface area contributed by atoms with Gasteiger partial charge in [-0.25, -0.2) is 4.79 Å². The number of carboxylic acids is 1. The lowest BCUT2D eigenvalue weighted by atomic mass is 10.2. The number of amides is 1. The highest BCUT2D eigenvalue weighted by Crippen LogP contribution is 2.02. The summed E-state index contributed by atoms with van der Waals surface area (Å²) in [4.78, 5) is 36.4. The van der Waals surface area contributed by atoms with E-state index in [1.807, 2.05) is 6.26 Å². The van der Waals surface area contributed by atoms with E-state index in [0.29, 0.717) is 12.2 Å². The molecule has 1 atom stereocenters. The second kappa shape index (κ2) is 6.85. The number of hydrogen-bond donors (Lipinski definition) is 3. The molecular weight excluding hydrogens is 256 g/mol. The molecule has 0 saturated carbocycles. The summed E-state index contributed by atoms with van der Waals surface area (Å²) >= 11 is 1.49. The van der Waals surface area contributed by atoms with Gasteiger partial charge in [0.15, 0.2) is 0 Å². The largest absolute Gasteiger partial charge is 0.480 e. The van der Waals surface area contributed by atoms with Gasteiger partial charge in [0.1, 0.15) is 11.6 Å². The van der Waals surface area contributed by atoms with Gasteiger partial charge in [-0.15, -0.1) is 0 Å². The molecule has 1 aromatic rings. The molecule has 1 amide bonds. The first-order valence-corrected chi connectivity index (χ1v) is 6.66. The molecule has 3 N–H and O–H groups in total. The molecule has 0 aromatic carbocycles. The van der Waals surface area contributed by atoms with E-state index in [0.717, 1.165) is 0 Å². The van der Waals surface area contributed by atoms with Crippen LogP contribution in [0.4, 0.5) is 0 Å². The number of aromatic amines is 1. The molecule has 6 nitrogen and oxygen atoms in total. The number of nitrogens with one attached hydrogen (secondary N) is 2. The fourth-order valence-electron chi connectivity index (χ4n) is 1.33. The average Bonchev–Trinajstić information content (AvgIpc) is 2.34. The summed E-state index contributed by atoms with van der Waals surface area (Å²) in [5, 5.41) is 11.3. The minimum absolute atomic E-state index is 0.0899. The van der Waals surface area contributed by atoms with Crippen LogP contribution in [0.1, 0.15) is 16.8 Å². The summed E-state index contributed by atoms with van der Waals surface area (Å²) in [5.74, 6) is -1.17. The van der Waals surface area contributed by atoms with Gasteiger partial charge in [-0.1, -0.05) is 0 Å². The summed E-state index contributed by atoms with van der Waals surface area (Å²) < 4.78 is 0. The number of thioether (sulfide) groups is 1. The van der Waals surface area contributed by atoms with Crippen molar-refractivity contribution in [2.75, 3.05) is 12.0 Å². The summed E-state index contributed by atoms with van der Waals surface area (Å²) in [5.41, 5.74) is -0.628. The van der Waals surface area contributed by atoms with Crippen molar-refractivity contribution in [1.82, 2.24) is 10.3 Å². The van der Waals surface area contributed by atoms with E-state index in [2.05, 4.69) is 10.3 Å². The first-order valence-electron chi connectivity index (χ1n) is 5.26. The third-order valence-corrected chi connectivity index (χ3v) is 2.92. The lowest BCUT2D eigenvalue weighted by Crippen LogP contribution is -2.42. The number of aromatic nitrogens is 1. The predicted octanol–water partition coefficient (Wildman–Crippen LogP) is 0.311. The van der Waals surface area contributed by atoms with Gasteiger partial charge in [-0.05, 0) is 30.6 Å². The molecule has 0 fully saturated rings. The predicted molar refractivity (Wildman–Crippen MR) is 69.0 cm³/mol. The van der Waals surface area contributed by atoms with Crippen LogP contribution in [0, 0.1) is 0 Å². The maximum Gasteiger partial charge on any atom is 0.326 e. The number of carbonyl (C=O) groups is 2. The topological polar surface area (TPSA) is 99.3 Å². The third-order valence-electron chi connectivity index (χ3n) is 2.28. The molecule has 1 heterocycles. The van der Waals surface area contributed by atoms with E-state index in [-0.39, 0.29) is 5.56 Å². The van der Waals surface area contributed by atoms with Crippen LogP contribution in [0.15, 0.2) is 23.1 Å². The van der Waals surface area contributed by atoms with E-state index in [1.54, 1.807) is 0 Å². The SMILES string of the molecule is CSCC[C@@H](NC(=O)c1ccc[nH]c1=O)C(=O)O. The molecule has 0 aliphatic carbocycles. The van der Waals surface area contributed by atoms with E-state index in [9.17, 15) is 14.4 Å². The van der Waals surface area contributed by atoms with Crippen LogP contribution in [-0.2, 0) is 4.79 Å². The molecule has 0 aliphatic heterocycles. The number of rotatable bonds is 6. The van der Waals surface area contributed by atoms with Gasteiger partial charge < -0.3 is 15.4 Å². The lowest BCUT2D eigenvalue weighted by molar-refractivity contribution is -0.139. The zero-order chi connectivity index (χ0) is 13.5. The van der Waals surface area contributed by atoms with Crippen molar-refractivity contribution in [3.8, 4) is 0 Å². The van der Waals surface area contributed by atoms with E-state index in [1.165, 1.54) is 30.1 Å². The summed E-state index contributed by atoms with van der Waals surface area (Å²) in [7, 11) is 0. The van der Waals surface area contributed by atoms with Crippen LogP contribution in [0.5, 0.6) is 0 Å². The molecule has 0 unspecified atom stereocenters. The maximum atomic E-state index is 11.7. The second-order valence-electron chi connectivity index (χ2n) is 3.56. The van der Waals surface area contributed by atoms with Gasteiger partial charge in [-0.3, -0.25) is 9.59 Å². The minimum atomic E-state index is -1.11. The molecule has 98 valence electrons. The van der Waals surface area contributed by atoms with Crippen LogP contribution >= 0.6 is 11.8 Å². The smallest absolute Gasteiger partial charge is 0.326 e. The van der Waals surface area contributed by atoms with Crippen molar-refractivity contribution in [1.29, 1.82) is 0 Å². The fraction of sp³-hybridized carbons (Fsp3) is 0.364. The Kier molecular flexibility index (Phi) is 5.44. The van der Waals surface area contributed by atoms with Crippen LogP contribution in [0.2, 0.25) is 0 Å². The average molecular weight is 270 g/mol. The van der Waals surface area contributed by atoms with Crippen molar-refractivity contribution in [2.24, 2.45) is 0 Å². The standard InChI is InChI=1S/C11H14N2O4S/c1-18-6-4-8(11(16)17)13-10(15)7-3-2-5-12-9(7)14/h2-3,5,8H,4,6H2,1H3,(H,12,14)(H,13,15)(H,16,17)/t8-/m1/s1. The van der Waals surface area contributed by atoms with Gasteiger partial charge in [0, 0.05) is 6.20 Å².